The summed E-state index contributed by atoms with van der Waals surface area (Å²) < 4.78 is 0.819. The zero-order valence-corrected chi connectivity index (χ0v) is 13.4. The molecule has 0 aliphatic heterocycles. The molecular weight excluding hydrogens is 356 g/mol. The second kappa shape index (κ2) is 5.87. The van der Waals surface area contributed by atoms with Gasteiger partial charge in [-0.3, -0.25) is 4.79 Å². The molecule has 0 spiro atoms. The highest BCUT2D eigenvalue weighted by Gasteiger charge is 2.11. The van der Waals surface area contributed by atoms with E-state index in [9.17, 15) is 4.79 Å². The van der Waals surface area contributed by atoms with Gasteiger partial charge < -0.3 is 5.32 Å². The lowest BCUT2D eigenvalue weighted by Crippen LogP contribution is -2.10. The number of anilines is 1. The number of aromatic nitrogens is 1. The van der Waals surface area contributed by atoms with Gasteiger partial charge >= 0.3 is 0 Å². The number of hydrogen-bond acceptors (Lipinski definition) is 4. The van der Waals surface area contributed by atoms with Crippen LogP contribution in [0.4, 0.5) is 5.69 Å². The SMILES string of the molecule is O=C(Nc1ccc(-c2nccs2)cc1)c1sccc1Br. The van der Waals surface area contributed by atoms with Gasteiger partial charge in [0.05, 0.1) is 0 Å². The molecule has 6 heteroatoms. The fourth-order valence-corrected chi connectivity index (χ4v) is 3.80. The van der Waals surface area contributed by atoms with Crippen LogP contribution in [0.1, 0.15) is 9.67 Å². The molecule has 1 N–H and O–H groups in total. The predicted molar refractivity (Wildman–Crippen MR) is 87.5 cm³/mol. The number of nitrogens with one attached hydrogen (secondary N) is 1. The van der Waals surface area contributed by atoms with Gasteiger partial charge in [-0.25, -0.2) is 4.98 Å². The molecule has 0 unspecified atom stereocenters. The molecule has 3 rings (SSSR count). The van der Waals surface area contributed by atoms with E-state index in [1.807, 2.05) is 41.1 Å². The number of carbonyl (C=O) groups excluding carboxylic acids is 1. The fraction of sp³-hybridized carbons (Fsp3) is 0. The summed E-state index contributed by atoms with van der Waals surface area (Å²) in [4.78, 5) is 17.0. The summed E-state index contributed by atoms with van der Waals surface area (Å²) in [5, 5.41) is 7.68. The van der Waals surface area contributed by atoms with Gasteiger partial charge in [0.2, 0.25) is 0 Å². The van der Waals surface area contributed by atoms with Crippen molar-refractivity contribution in [3.05, 3.63) is 56.6 Å². The summed E-state index contributed by atoms with van der Waals surface area (Å²) in [5.41, 5.74) is 1.82. The first-order valence-electron chi connectivity index (χ1n) is 5.78. The van der Waals surface area contributed by atoms with E-state index in [2.05, 4.69) is 26.2 Å². The third-order valence-corrected chi connectivity index (χ3v) is 5.30. The van der Waals surface area contributed by atoms with Crippen molar-refractivity contribution in [3.63, 3.8) is 0 Å². The van der Waals surface area contributed by atoms with Crippen LogP contribution < -0.4 is 5.32 Å². The van der Waals surface area contributed by atoms with Gasteiger partial charge in [-0.2, -0.15) is 0 Å². The van der Waals surface area contributed by atoms with Gasteiger partial charge in [-0.05, 0) is 51.6 Å². The Bertz CT molecular complexity index is 720. The molecule has 0 aliphatic rings. The van der Waals surface area contributed by atoms with Crippen LogP contribution in [0.2, 0.25) is 0 Å². The molecule has 2 heterocycles. The molecule has 1 aromatic carbocycles. The monoisotopic (exact) mass is 364 g/mol. The Balaban J connectivity index is 1.76. The van der Waals surface area contributed by atoms with E-state index in [-0.39, 0.29) is 5.91 Å². The topological polar surface area (TPSA) is 42.0 Å². The first-order valence-corrected chi connectivity index (χ1v) is 8.33. The van der Waals surface area contributed by atoms with E-state index in [1.165, 1.54) is 11.3 Å². The molecule has 1 amide bonds. The number of amides is 1. The van der Waals surface area contributed by atoms with Gasteiger partial charge in [0, 0.05) is 27.3 Å². The largest absolute Gasteiger partial charge is 0.321 e. The van der Waals surface area contributed by atoms with Crippen molar-refractivity contribution in [1.82, 2.24) is 4.98 Å². The molecular formula is C14H9BrN2OS2. The van der Waals surface area contributed by atoms with Crippen molar-refractivity contribution >= 4 is 50.2 Å². The Morgan fingerprint density at radius 1 is 1.10 bits per heavy atom. The predicted octanol–water partition coefficient (Wildman–Crippen LogP) is 4.89. The molecule has 100 valence electrons. The van der Waals surface area contributed by atoms with Crippen LogP contribution in [0, 0.1) is 0 Å². The third-order valence-electron chi connectivity index (χ3n) is 2.65. The van der Waals surface area contributed by atoms with Crippen LogP contribution in [0.25, 0.3) is 10.6 Å². The zero-order valence-electron chi connectivity index (χ0n) is 10.2. The van der Waals surface area contributed by atoms with E-state index >= 15 is 0 Å². The van der Waals surface area contributed by atoms with Crippen LogP contribution in [0.5, 0.6) is 0 Å². The zero-order chi connectivity index (χ0) is 13.9. The summed E-state index contributed by atoms with van der Waals surface area (Å²) in [6.45, 7) is 0. The Hall–Kier alpha value is -1.50. The summed E-state index contributed by atoms with van der Waals surface area (Å²) in [7, 11) is 0. The van der Waals surface area contributed by atoms with Crippen molar-refractivity contribution in [2.45, 2.75) is 0 Å². The Morgan fingerprint density at radius 3 is 2.50 bits per heavy atom. The molecule has 3 nitrogen and oxygen atoms in total. The number of benzene rings is 1. The maximum atomic E-state index is 12.1. The van der Waals surface area contributed by atoms with Crippen molar-refractivity contribution in [2.24, 2.45) is 0 Å². The highest BCUT2D eigenvalue weighted by Crippen LogP contribution is 2.25. The molecule has 20 heavy (non-hydrogen) atoms. The van der Waals surface area contributed by atoms with Gasteiger partial charge in [0.1, 0.15) is 9.88 Å². The highest BCUT2D eigenvalue weighted by molar-refractivity contribution is 9.10. The lowest BCUT2D eigenvalue weighted by Gasteiger charge is -2.05. The molecule has 0 radical (unpaired) electrons. The molecule has 0 saturated carbocycles. The fourth-order valence-electron chi connectivity index (χ4n) is 1.71. The van der Waals surface area contributed by atoms with Gasteiger partial charge in [0.25, 0.3) is 5.91 Å². The minimum atomic E-state index is -0.103. The molecule has 0 aliphatic carbocycles. The molecule has 2 aromatic heterocycles. The Morgan fingerprint density at radius 2 is 1.90 bits per heavy atom. The quantitative estimate of drug-likeness (QED) is 0.718. The summed E-state index contributed by atoms with van der Waals surface area (Å²) in [6.07, 6.45) is 1.78. The number of thiophene rings is 1. The van der Waals surface area contributed by atoms with Crippen molar-refractivity contribution in [1.29, 1.82) is 0 Å². The molecule has 0 bridgehead atoms. The smallest absolute Gasteiger partial charge is 0.266 e. The first-order chi connectivity index (χ1) is 9.74. The lowest BCUT2D eigenvalue weighted by molar-refractivity contribution is 0.103. The molecule has 0 atom stereocenters. The summed E-state index contributed by atoms with van der Waals surface area (Å²) in [5.74, 6) is -0.103. The van der Waals surface area contributed by atoms with Gasteiger partial charge in [-0.1, -0.05) is 0 Å². The molecule has 3 aromatic rings. The third kappa shape index (κ3) is 2.82. The number of thiazole rings is 1. The number of halogens is 1. The van der Waals surface area contributed by atoms with E-state index in [4.69, 9.17) is 0 Å². The minimum absolute atomic E-state index is 0.103. The van der Waals surface area contributed by atoms with E-state index in [1.54, 1.807) is 17.5 Å². The maximum Gasteiger partial charge on any atom is 0.266 e. The normalized spacial score (nSPS) is 10.4. The van der Waals surface area contributed by atoms with E-state index < -0.39 is 0 Å². The van der Waals surface area contributed by atoms with Crippen molar-refractivity contribution < 1.29 is 4.79 Å². The van der Waals surface area contributed by atoms with Crippen LogP contribution in [-0.2, 0) is 0 Å². The minimum Gasteiger partial charge on any atom is -0.321 e. The average Bonchev–Trinajstić information content (AvgIpc) is 3.10. The molecule has 0 fully saturated rings. The maximum absolute atomic E-state index is 12.1. The standard InChI is InChI=1S/C14H9BrN2OS2/c15-11-5-7-19-12(11)13(18)17-10-3-1-9(2-4-10)14-16-6-8-20-14/h1-8H,(H,17,18). The highest BCUT2D eigenvalue weighted by atomic mass is 79.9. The Kier molecular flexibility index (Phi) is 3.95. The number of nitrogens with zero attached hydrogens (tertiary/aromatic N) is 1. The van der Waals surface area contributed by atoms with Crippen LogP contribution in [-0.4, -0.2) is 10.9 Å². The van der Waals surface area contributed by atoms with Gasteiger partial charge in [-0.15, -0.1) is 22.7 Å². The number of carbonyl (C=O) groups is 1. The van der Waals surface area contributed by atoms with Crippen LogP contribution >= 0.6 is 38.6 Å². The van der Waals surface area contributed by atoms with E-state index in [0.29, 0.717) is 4.88 Å². The average molecular weight is 365 g/mol. The van der Waals surface area contributed by atoms with Crippen LogP contribution in [0.15, 0.2) is 51.8 Å². The lowest BCUT2D eigenvalue weighted by atomic mass is 10.2. The number of rotatable bonds is 3. The van der Waals surface area contributed by atoms with Crippen molar-refractivity contribution in [2.75, 3.05) is 5.32 Å². The second-order valence-corrected chi connectivity index (χ2v) is 6.63. The summed E-state index contributed by atoms with van der Waals surface area (Å²) >= 11 is 6.36. The van der Waals surface area contributed by atoms with Crippen LogP contribution in [0.3, 0.4) is 0 Å². The molecule has 0 saturated heterocycles. The number of hydrogen-bond donors (Lipinski definition) is 1. The van der Waals surface area contributed by atoms with Crippen molar-refractivity contribution in [3.8, 4) is 10.6 Å². The van der Waals surface area contributed by atoms with Gasteiger partial charge in [0.15, 0.2) is 0 Å². The Labute approximate surface area is 132 Å². The van der Waals surface area contributed by atoms with E-state index in [0.717, 1.165) is 20.7 Å². The first kappa shape index (κ1) is 13.5. The second-order valence-electron chi connectivity index (χ2n) is 3.97. The summed E-state index contributed by atoms with van der Waals surface area (Å²) in [6, 6.07) is 9.55.